The van der Waals surface area contributed by atoms with E-state index < -0.39 is 0 Å². The van der Waals surface area contributed by atoms with E-state index in [4.69, 9.17) is 4.98 Å². The molecule has 5 rings (SSSR count). The lowest BCUT2D eigenvalue weighted by Crippen LogP contribution is -2.33. The van der Waals surface area contributed by atoms with Gasteiger partial charge in [-0.1, -0.05) is 37.6 Å². The van der Waals surface area contributed by atoms with Crippen LogP contribution in [0.3, 0.4) is 0 Å². The summed E-state index contributed by atoms with van der Waals surface area (Å²) in [4.78, 5) is 35.0. The normalized spacial score (nSPS) is 17.5. The molecule has 1 amide bonds. The first kappa shape index (κ1) is 23.2. The van der Waals surface area contributed by atoms with Crippen molar-refractivity contribution in [1.82, 2.24) is 19.8 Å². The minimum atomic E-state index is -0.123. The van der Waals surface area contributed by atoms with Crippen LogP contribution in [0.5, 0.6) is 0 Å². The zero-order valence-electron chi connectivity index (χ0n) is 20.2. The SMILES string of the molecule is Cc1c(C(=O)NCc2ccccc2CN2CCC(C)CC2)sc2nc3n(c(=O)c12)CCCCC3. The van der Waals surface area contributed by atoms with Gasteiger partial charge in [0.05, 0.1) is 10.3 Å². The summed E-state index contributed by atoms with van der Waals surface area (Å²) < 4.78 is 1.83. The summed E-state index contributed by atoms with van der Waals surface area (Å²) in [7, 11) is 0. The van der Waals surface area contributed by atoms with Crippen LogP contribution in [0, 0.1) is 12.8 Å². The summed E-state index contributed by atoms with van der Waals surface area (Å²) >= 11 is 1.35. The van der Waals surface area contributed by atoms with Crippen LogP contribution >= 0.6 is 11.3 Å². The molecule has 0 saturated carbocycles. The number of carbonyl (C=O) groups is 1. The van der Waals surface area contributed by atoms with Gasteiger partial charge >= 0.3 is 0 Å². The van der Waals surface area contributed by atoms with Gasteiger partial charge in [0.1, 0.15) is 10.7 Å². The zero-order valence-corrected chi connectivity index (χ0v) is 21.0. The number of fused-ring (bicyclic) bond motifs is 2. The van der Waals surface area contributed by atoms with Crippen LogP contribution in [0.2, 0.25) is 0 Å². The molecule has 0 aliphatic carbocycles. The number of hydrogen-bond donors (Lipinski definition) is 1. The molecule has 3 aromatic rings. The summed E-state index contributed by atoms with van der Waals surface area (Å²) in [5, 5.41) is 3.73. The molecule has 1 aromatic carbocycles. The number of aromatic nitrogens is 2. The highest BCUT2D eigenvalue weighted by Crippen LogP contribution is 2.28. The Labute approximate surface area is 205 Å². The molecule has 2 aliphatic heterocycles. The van der Waals surface area contributed by atoms with Crippen molar-refractivity contribution in [3.8, 4) is 0 Å². The third kappa shape index (κ3) is 4.68. The van der Waals surface area contributed by atoms with Crippen molar-refractivity contribution < 1.29 is 4.79 Å². The van der Waals surface area contributed by atoms with Crippen LogP contribution < -0.4 is 10.9 Å². The molecule has 180 valence electrons. The van der Waals surface area contributed by atoms with Crippen molar-refractivity contribution in [3.05, 3.63) is 62.0 Å². The second kappa shape index (κ2) is 10.0. The number of rotatable bonds is 5. The summed E-state index contributed by atoms with van der Waals surface area (Å²) in [6, 6.07) is 8.38. The maximum absolute atomic E-state index is 13.2. The average Bonchev–Trinajstić information content (AvgIpc) is 3.00. The van der Waals surface area contributed by atoms with Crippen LogP contribution in [0.1, 0.15) is 71.2 Å². The number of piperidine rings is 1. The number of amides is 1. The van der Waals surface area contributed by atoms with E-state index in [2.05, 4.69) is 35.3 Å². The number of likely N-dealkylation sites (tertiary alicyclic amines) is 1. The average molecular weight is 479 g/mol. The quantitative estimate of drug-likeness (QED) is 0.579. The number of aryl methyl sites for hydroxylation is 2. The fourth-order valence-electron chi connectivity index (χ4n) is 5.23. The minimum absolute atomic E-state index is 0.0101. The highest BCUT2D eigenvalue weighted by atomic mass is 32.1. The van der Waals surface area contributed by atoms with E-state index in [0.29, 0.717) is 21.6 Å². The Morgan fingerprint density at radius 1 is 1.12 bits per heavy atom. The van der Waals surface area contributed by atoms with E-state index in [-0.39, 0.29) is 11.5 Å². The lowest BCUT2D eigenvalue weighted by atomic mass is 9.98. The van der Waals surface area contributed by atoms with E-state index in [1.165, 1.54) is 29.7 Å². The Bertz CT molecular complexity index is 1250. The molecule has 2 aromatic heterocycles. The van der Waals surface area contributed by atoms with Crippen LogP contribution in [-0.4, -0.2) is 33.4 Å². The number of hydrogen-bond acceptors (Lipinski definition) is 5. The molecule has 1 fully saturated rings. The highest BCUT2D eigenvalue weighted by molar-refractivity contribution is 7.20. The van der Waals surface area contributed by atoms with Gasteiger partial charge in [0.2, 0.25) is 0 Å². The van der Waals surface area contributed by atoms with Gasteiger partial charge < -0.3 is 5.32 Å². The summed E-state index contributed by atoms with van der Waals surface area (Å²) in [5.74, 6) is 1.55. The Hall–Kier alpha value is -2.51. The Kier molecular flexibility index (Phi) is 6.84. The van der Waals surface area contributed by atoms with E-state index in [9.17, 15) is 9.59 Å². The van der Waals surface area contributed by atoms with E-state index in [1.54, 1.807) is 0 Å². The summed E-state index contributed by atoms with van der Waals surface area (Å²) in [6.07, 6.45) is 6.53. The van der Waals surface area contributed by atoms with Gasteiger partial charge in [-0.2, -0.15) is 0 Å². The molecular weight excluding hydrogens is 444 g/mol. The first-order chi connectivity index (χ1) is 16.5. The molecule has 1 saturated heterocycles. The standard InChI is InChI=1S/C27H34N4O2S/c1-18-11-14-30(15-12-18)17-21-9-6-5-8-20(21)16-28-25(32)24-19(2)23-26(34-24)29-22-10-4-3-7-13-31(22)27(23)33/h5-6,8-9,18H,3-4,7,10-17H2,1-2H3,(H,28,32). The molecule has 4 heterocycles. The molecule has 1 N–H and O–H groups in total. The number of thiophene rings is 1. The highest BCUT2D eigenvalue weighted by Gasteiger charge is 2.22. The summed E-state index contributed by atoms with van der Waals surface area (Å²) in [6.45, 7) is 8.61. The number of carbonyl (C=O) groups excluding carboxylic acids is 1. The third-order valence-electron chi connectivity index (χ3n) is 7.45. The van der Waals surface area contributed by atoms with Gasteiger partial charge in [-0.05, 0) is 68.3 Å². The number of benzene rings is 1. The largest absolute Gasteiger partial charge is 0.347 e. The second-order valence-corrected chi connectivity index (χ2v) is 10.9. The molecule has 0 spiro atoms. The molecular formula is C27H34N4O2S. The van der Waals surface area contributed by atoms with Gasteiger partial charge in [-0.25, -0.2) is 4.98 Å². The van der Waals surface area contributed by atoms with Gasteiger partial charge in [-0.3, -0.25) is 19.1 Å². The number of nitrogens with one attached hydrogen (secondary N) is 1. The van der Waals surface area contributed by atoms with Crippen molar-refractivity contribution in [2.24, 2.45) is 5.92 Å². The van der Waals surface area contributed by atoms with E-state index in [0.717, 1.165) is 74.7 Å². The monoisotopic (exact) mass is 478 g/mol. The van der Waals surface area contributed by atoms with Crippen molar-refractivity contribution in [2.45, 2.75) is 72.0 Å². The smallest absolute Gasteiger partial charge is 0.262 e. The molecule has 0 atom stereocenters. The lowest BCUT2D eigenvalue weighted by molar-refractivity contribution is 0.0954. The van der Waals surface area contributed by atoms with Gasteiger partial charge in [0.25, 0.3) is 11.5 Å². The number of nitrogens with zero attached hydrogens (tertiary/aromatic N) is 3. The van der Waals surface area contributed by atoms with Gasteiger partial charge in [0, 0.05) is 26.1 Å². The molecule has 34 heavy (non-hydrogen) atoms. The first-order valence-corrected chi connectivity index (χ1v) is 13.4. The molecule has 0 unspecified atom stereocenters. The first-order valence-electron chi connectivity index (χ1n) is 12.6. The third-order valence-corrected chi connectivity index (χ3v) is 8.63. The zero-order chi connectivity index (χ0) is 23.7. The second-order valence-electron chi connectivity index (χ2n) is 9.94. The molecule has 0 radical (unpaired) electrons. The Morgan fingerprint density at radius 2 is 1.88 bits per heavy atom. The Balaban J connectivity index is 1.34. The molecule has 6 nitrogen and oxygen atoms in total. The Morgan fingerprint density at radius 3 is 2.68 bits per heavy atom. The van der Waals surface area contributed by atoms with Crippen LogP contribution in [-0.2, 0) is 26.1 Å². The van der Waals surface area contributed by atoms with Gasteiger partial charge in [0.15, 0.2) is 0 Å². The lowest BCUT2D eigenvalue weighted by Gasteiger charge is -2.30. The van der Waals surface area contributed by atoms with Crippen LogP contribution in [0.4, 0.5) is 0 Å². The topological polar surface area (TPSA) is 67.2 Å². The van der Waals surface area contributed by atoms with Crippen molar-refractivity contribution in [1.29, 1.82) is 0 Å². The maximum Gasteiger partial charge on any atom is 0.262 e. The van der Waals surface area contributed by atoms with E-state index >= 15 is 0 Å². The molecule has 7 heteroatoms. The van der Waals surface area contributed by atoms with Crippen LogP contribution in [0.15, 0.2) is 29.1 Å². The summed E-state index contributed by atoms with van der Waals surface area (Å²) in [5.41, 5.74) is 3.19. The predicted octanol–water partition coefficient (Wildman–Crippen LogP) is 4.65. The maximum atomic E-state index is 13.2. The molecule has 2 aliphatic rings. The fraction of sp³-hybridized carbons (Fsp3) is 0.519. The van der Waals surface area contributed by atoms with Crippen LogP contribution in [0.25, 0.3) is 10.2 Å². The van der Waals surface area contributed by atoms with Crippen molar-refractivity contribution in [2.75, 3.05) is 13.1 Å². The van der Waals surface area contributed by atoms with Crippen molar-refractivity contribution >= 4 is 27.5 Å². The van der Waals surface area contributed by atoms with Gasteiger partial charge in [-0.15, -0.1) is 11.3 Å². The minimum Gasteiger partial charge on any atom is -0.347 e. The van der Waals surface area contributed by atoms with E-state index in [1.807, 2.05) is 17.6 Å². The predicted molar refractivity (Wildman–Crippen MR) is 137 cm³/mol. The molecule has 0 bridgehead atoms. The fourth-order valence-corrected chi connectivity index (χ4v) is 6.33. The van der Waals surface area contributed by atoms with Crippen molar-refractivity contribution in [3.63, 3.8) is 0 Å².